The highest BCUT2D eigenvalue weighted by Gasteiger charge is 2.29. The Morgan fingerprint density at radius 1 is 1.12 bits per heavy atom. The number of fused-ring (bicyclic) bond motifs is 3. The lowest BCUT2D eigenvalue weighted by Crippen LogP contribution is -3.13. The Morgan fingerprint density at radius 2 is 1.88 bits per heavy atom. The predicted molar refractivity (Wildman–Crippen MR) is 123 cm³/mol. The van der Waals surface area contributed by atoms with Gasteiger partial charge in [-0.05, 0) is 36.2 Å². The molecule has 5 rings (SSSR count). The number of hydrogen-bond donors (Lipinski definition) is 2. The van der Waals surface area contributed by atoms with Crippen molar-refractivity contribution in [3.63, 3.8) is 0 Å². The molecule has 0 saturated carbocycles. The largest absolute Gasteiger partial charge is 0.326 e. The SMILES string of the molecule is CCCc1cc(N2CC[NH+](Cc3ccc(F)cc3)CC2)[n+]2c([nH]c3ccccc32)c1C#N. The highest BCUT2D eigenvalue weighted by Crippen LogP contribution is 2.24. The molecule has 0 atom stereocenters. The number of aromatic amines is 1. The Labute approximate surface area is 187 Å². The number of piperazine rings is 1. The van der Waals surface area contributed by atoms with E-state index in [-0.39, 0.29) is 5.82 Å². The van der Waals surface area contributed by atoms with Crippen LogP contribution >= 0.6 is 0 Å². The molecule has 0 spiro atoms. The van der Waals surface area contributed by atoms with Crippen LogP contribution in [0.5, 0.6) is 0 Å². The maximum Gasteiger partial charge on any atom is 0.250 e. The first-order chi connectivity index (χ1) is 15.7. The van der Waals surface area contributed by atoms with Gasteiger partial charge in [-0.3, -0.25) is 9.88 Å². The van der Waals surface area contributed by atoms with Crippen LogP contribution in [-0.2, 0) is 13.0 Å². The molecule has 5 nitrogen and oxygen atoms in total. The minimum atomic E-state index is -0.183. The number of pyridine rings is 1. The second-order valence-electron chi connectivity index (χ2n) is 8.63. The molecular weight excluding hydrogens is 401 g/mol. The number of halogens is 1. The monoisotopic (exact) mass is 429 g/mol. The van der Waals surface area contributed by atoms with Crippen LogP contribution in [0.2, 0.25) is 0 Å². The number of benzene rings is 2. The van der Waals surface area contributed by atoms with Gasteiger partial charge in [-0.25, -0.2) is 4.39 Å². The summed E-state index contributed by atoms with van der Waals surface area (Å²) in [5.74, 6) is 0.970. The summed E-state index contributed by atoms with van der Waals surface area (Å²) in [5.41, 5.74) is 6.05. The normalized spacial score (nSPS) is 14.8. The first kappa shape index (κ1) is 20.5. The van der Waals surface area contributed by atoms with E-state index < -0.39 is 0 Å². The molecule has 2 aromatic heterocycles. The quantitative estimate of drug-likeness (QED) is 0.480. The van der Waals surface area contributed by atoms with Gasteiger partial charge in [-0.1, -0.05) is 37.6 Å². The molecule has 162 valence electrons. The molecule has 1 saturated heterocycles. The topological polar surface area (TPSA) is 51.4 Å². The molecule has 32 heavy (non-hydrogen) atoms. The Balaban J connectivity index is 1.48. The fourth-order valence-electron chi connectivity index (χ4n) is 4.88. The molecule has 2 aromatic carbocycles. The average Bonchev–Trinajstić information content (AvgIpc) is 3.20. The molecule has 1 aliphatic heterocycles. The zero-order valence-corrected chi connectivity index (χ0v) is 18.4. The number of aryl methyl sites for hydroxylation is 1. The summed E-state index contributed by atoms with van der Waals surface area (Å²) in [6.45, 7) is 6.99. The van der Waals surface area contributed by atoms with Gasteiger partial charge in [-0.2, -0.15) is 9.66 Å². The second-order valence-corrected chi connectivity index (χ2v) is 8.63. The van der Waals surface area contributed by atoms with Gasteiger partial charge in [-0.15, -0.1) is 0 Å². The van der Waals surface area contributed by atoms with E-state index in [1.54, 1.807) is 12.1 Å². The van der Waals surface area contributed by atoms with Gasteiger partial charge in [0.1, 0.15) is 61.2 Å². The van der Waals surface area contributed by atoms with Gasteiger partial charge >= 0.3 is 0 Å². The van der Waals surface area contributed by atoms with Crippen molar-refractivity contribution in [2.24, 2.45) is 0 Å². The van der Waals surface area contributed by atoms with E-state index in [0.717, 1.165) is 79.2 Å². The first-order valence-corrected chi connectivity index (χ1v) is 11.4. The molecule has 4 aromatic rings. The van der Waals surface area contributed by atoms with Crippen molar-refractivity contribution in [1.82, 2.24) is 4.98 Å². The molecule has 0 aliphatic carbocycles. The van der Waals surface area contributed by atoms with Crippen molar-refractivity contribution in [1.29, 1.82) is 5.26 Å². The third-order valence-corrected chi connectivity index (χ3v) is 6.51. The lowest BCUT2D eigenvalue weighted by molar-refractivity contribution is -0.914. The predicted octanol–water partition coefficient (Wildman–Crippen LogP) is 2.77. The van der Waals surface area contributed by atoms with E-state index in [1.165, 1.54) is 10.5 Å². The number of nitriles is 1. The van der Waals surface area contributed by atoms with Gasteiger partial charge in [0.2, 0.25) is 11.5 Å². The summed E-state index contributed by atoms with van der Waals surface area (Å²) < 4.78 is 15.4. The van der Waals surface area contributed by atoms with Gasteiger partial charge < -0.3 is 4.90 Å². The minimum Gasteiger partial charge on any atom is -0.326 e. The van der Waals surface area contributed by atoms with E-state index in [1.807, 2.05) is 24.3 Å². The molecule has 2 N–H and O–H groups in total. The summed E-state index contributed by atoms with van der Waals surface area (Å²) in [6, 6.07) is 19.8. The number of anilines is 1. The van der Waals surface area contributed by atoms with Crippen LogP contribution in [0.3, 0.4) is 0 Å². The standard InChI is InChI=1S/C26H26FN5/c1-2-5-20-16-25(32-24-7-4-3-6-23(24)29-26(32)22(20)17-28)31-14-12-30(13-15-31)18-19-8-10-21(27)11-9-19/h3-4,6-11,16H,2,5,12-15,18H2,1H3/p+2. The van der Waals surface area contributed by atoms with Crippen LogP contribution in [0, 0.1) is 17.1 Å². The summed E-state index contributed by atoms with van der Waals surface area (Å²) in [7, 11) is 0. The van der Waals surface area contributed by atoms with E-state index >= 15 is 0 Å². The zero-order valence-electron chi connectivity index (χ0n) is 18.4. The van der Waals surface area contributed by atoms with Crippen molar-refractivity contribution >= 4 is 22.5 Å². The number of H-pyrrole nitrogens is 1. The highest BCUT2D eigenvalue weighted by atomic mass is 19.1. The Morgan fingerprint density at radius 3 is 2.59 bits per heavy atom. The average molecular weight is 430 g/mol. The molecule has 0 unspecified atom stereocenters. The van der Waals surface area contributed by atoms with Crippen molar-refractivity contribution in [2.45, 2.75) is 26.3 Å². The van der Waals surface area contributed by atoms with Crippen LogP contribution in [0.1, 0.15) is 30.0 Å². The maximum atomic E-state index is 13.2. The maximum absolute atomic E-state index is 13.2. The number of hydrogen-bond acceptors (Lipinski definition) is 2. The summed E-state index contributed by atoms with van der Waals surface area (Å²) in [6.07, 6.45) is 1.89. The summed E-state index contributed by atoms with van der Waals surface area (Å²) >= 11 is 0. The van der Waals surface area contributed by atoms with E-state index in [9.17, 15) is 9.65 Å². The Bertz CT molecular complexity index is 1290. The molecule has 0 amide bonds. The van der Waals surface area contributed by atoms with Crippen molar-refractivity contribution < 1.29 is 13.7 Å². The lowest BCUT2D eigenvalue weighted by atomic mass is 10.0. The Hall–Kier alpha value is -3.43. The highest BCUT2D eigenvalue weighted by molar-refractivity contribution is 5.77. The number of aromatic nitrogens is 2. The lowest BCUT2D eigenvalue weighted by Gasteiger charge is -2.30. The van der Waals surface area contributed by atoms with Crippen LogP contribution in [0.15, 0.2) is 54.6 Å². The minimum absolute atomic E-state index is 0.183. The van der Waals surface area contributed by atoms with Gasteiger partial charge in [0.15, 0.2) is 0 Å². The molecule has 0 radical (unpaired) electrons. The van der Waals surface area contributed by atoms with Gasteiger partial charge in [0.05, 0.1) is 0 Å². The Kier molecular flexibility index (Phi) is 5.50. The smallest absolute Gasteiger partial charge is 0.250 e. The number of nitrogens with zero attached hydrogens (tertiary/aromatic N) is 3. The van der Waals surface area contributed by atoms with E-state index in [2.05, 4.69) is 45.5 Å². The molecule has 1 aliphatic rings. The van der Waals surface area contributed by atoms with Crippen LogP contribution in [0.25, 0.3) is 16.7 Å². The number of rotatable bonds is 5. The van der Waals surface area contributed by atoms with Crippen molar-refractivity contribution in [3.8, 4) is 6.07 Å². The number of para-hydroxylation sites is 2. The summed E-state index contributed by atoms with van der Waals surface area (Å²) in [4.78, 5) is 7.46. The zero-order chi connectivity index (χ0) is 22.1. The van der Waals surface area contributed by atoms with Gasteiger partial charge in [0.25, 0.3) is 0 Å². The molecule has 1 fully saturated rings. The van der Waals surface area contributed by atoms with Crippen LogP contribution in [0.4, 0.5) is 10.2 Å². The van der Waals surface area contributed by atoms with Crippen LogP contribution < -0.4 is 14.2 Å². The number of nitrogens with one attached hydrogen (secondary N) is 2. The van der Waals surface area contributed by atoms with Crippen molar-refractivity contribution in [3.05, 3.63) is 77.1 Å². The van der Waals surface area contributed by atoms with Gasteiger partial charge in [0, 0.05) is 11.6 Å². The fraction of sp³-hybridized carbons (Fsp3) is 0.308. The third-order valence-electron chi connectivity index (χ3n) is 6.51. The molecule has 6 heteroatoms. The third kappa shape index (κ3) is 3.69. The fourth-order valence-corrected chi connectivity index (χ4v) is 4.88. The van der Waals surface area contributed by atoms with Crippen LogP contribution in [-0.4, -0.2) is 31.2 Å². The summed E-state index contributed by atoms with van der Waals surface area (Å²) in [5, 5.41) is 9.94. The van der Waals surface area contributed by atoms with E-state index in [4.69, 9.17) is 0 Å². The first-order valence-electron chi connectivity index (χ1n) is 11.4. The number of imidazole rings is 1. The van der Waals surface area contributed by atoms with Crippen molar-refractivity contribution in [2.75, 3.05) is 31.1 Å². The molecule has 0 bridgehead atoms. The number of quaternary nitrogens is 1. The second kappa shape index (κ2) is 8.60. The molecule has 3 heterocycles. The van der Waals surface area contributed by atoms with E-state index in [0.29, 0.717) is 0 Å². The molecular formula is C26H28FN5+2.